The summed E-state index contributed by atoms with van der Waals surface area (Å²) in [4.78, 5) is 19.6. The zero-order valence-corrected chi connectivity index (χ0v) is 22.0. The van der Waals surface area contributed by atoms with Crippen LogP contribution in [0.5, 0.6) is 5.75 Å². The molecule has 190 valence electrons. The van der Waals surface area contributed by atoms with Crippen molar-refractivity contribution in [1.82, 2.24) is 10.4 Å². The molecule has 0 spiro atoms. The number of carbonyl (C=O) groups is 1. The first-order chi connectivity index (χ1) is 16.0. The van der Waals surface area contributed by atoms with Crippen LogP contribution in [-0.2, 0) is 16.2 Å². The maximum atomic E-state index is 14.2. The van der Waals surface area contributed by atoms with Crippen LogP contribution in [0, 0.1) is 34.9 Å². The summed E-state index contributed by atoms with van der Waals surface area (Å²) >= 11 is 3.32. The van der Waals surface area contributed by atoms with Crippen molar-refractivity contribution in [2.45, 2.75) is 71.4 Å². The topological polar surface area (TPSA) is 91.3 Å². The molecule has 9 heteroatoms. The number of ether oxygens (including phenoxy) is 1. The molecular formula is C25H36BrFN2O5. The van der Waals surface area contributed by atoms with Crippen LogP contribution in [0.2, 0.25) is 0 Å². The van der Waals surface area contributed by atoms with Gasteiger partial charge in [0.15, 0.2) is 0 Å². The van der Waals surface area contributed by atoms with E-state index in [2.05, 4.69) is 42.0 Å². The van der Waals surface area contributed by atoms with Crippen molar-refractivity contribution in [3.8, 4) is 5.75 Å². The number of hydrogen-bond donors (Lipinski definition) is 3. The second-order valence-corrected chi connectivity index (χ2v) is 11.7. The van der Waals surface area contributed by atoms with Crippen LogP contribution in [0.15, 0.2) is 16.6 Å². The molecule has 2 bridgehead atoms. The fourth-order valence-corrected chi connectivity index (χ4v) is 7.25. The van der Waals surface area contributed by atoms with Crippen molar-refractivity contribution < 1.29 is 29.0 Å². The molecule has 4 fully saturated rings. The highest BCUT2D eigenvalue weighted by Crippen LogP contribution is 2.61. The Labute approximate surface area is 209 Å². The Balaban J connectivity index is 1.59. The van der Waals surface area contributed by atoms with Crippen LogP contribution in [-0.4, -0.2) is 59.2 Å². The minimum atomic E-state index is -0.893. The second kappa shape index (κ2) is 9.65. The quantitative estimate of drug-likeness (QED) is 0.489. The van der Waals surface area contributed by atoms with Gasteiger partial charge in [0, 0.05) is 17.5 Å². The first kappa shape index (κ1) is 25.8. The van der Waals surface area contributed by atoms with Gasteiger partial charge in [-0.2, -0.15) is 5.06 Å². The zero-order chi connectivity index (χ0) is 24.9. The highest BCUT2D eigenvalue weighted by molar-refractivity contribution is 9.10. The molecule has 8 atom stereocenters. The fourth-order valence-electron chi connectivity index (χ4n) is 6.61. The van der Waals surface area contributed by atoms with E-state index in [9.17, 15) is 19.4 Å². The molecule has 3 N–H and O–H groups in total. The summed E-state index contributed by atoms with van der Waals surface area (Å²) in [6, 6.07) is 1.85. The van der Waals surface area contributed by atoms with E-state index in [-0.39, 0.29) is 25.1 Å². The van der Waals surface area contributed by atoms with Crippen molar-refractivity contribution in [3.05, 3.63) is 28.0 Å². The maximum Gasteiger partial charge on any atom is 0.240 e. The summed E-state index contributed by atoms with van der Waals surface area (Å²) in [7, 11) is 1.49. The number of fused-ring (bicyclic) bond motifs is 2. The summed E-state index contributed by atoms with van der Waals surface area (Å²) in [6.45, 7) is 8.13. The predicted molar refractivity (Wildman–Crippen MR) is 128 cm³/mol. The number of carbonyl (C=O) groups excluding carboxylic acids is 1. The number of rotatable bonds is 7. The average Bonchev–Trinajstić information content (AvgIpc) is 3.13. The zero-order valence-electron chi connectivity index (χ0n) is 20.4. The lowest BCUT2D eigenvalue weighted by atomic mass is 9.45. The molecule has 1 aliphatic heterocycles. The van der Waals surface area contributed by atoms with Gasteiger partial charge < -0.3 is 20.3 Å². The summed E-state index contributed by atoms with van der Waals surface area (Å²) < 4.78 is 20.1. The number of nitrogens with one attached hydrogen (secondary N) is 1. The molecule has 3 aliphatic carbocycles. The number of nitrogens with zero attached hydrogens (tertiary/aromatic N) is 1. The third-order valence-electron chi connectivity index (χ3n) is 8.68. The van der Waals surface area contributed by atoms with Crippen molar-refractivity contribution in [2.24, 2.45) is 29.1 Å². The molecule has 5 rings (SSSR count). The smallest absolute Gasteiger partial charge is 0.240 e. The van der Waals surface area contributed by atoms with E-state index in [1.165, 1.54) is 30.7 Å². The monoisotopic (exact) mass is 542 g/mol. The number of hydrogen-bond acceptors (Lipinski definition) is 6. The molecule has 0 unspecified atom stereocenters. The maximum absolute atomic E-state index is 14.2. The molecule has 7 nitrogen and oxygen atoms in total. The lowest BCUT2D eigenvalue weighted by molar-refractivity contribution is -0.183. The second-order valence-electron chi connectivity index (χ2n) is 10.8. The number of halogens is 2. The summed E-state index contributed by atoms with van der Waals surface area (Å²) in [6.07, 6.45) is 0.485. The van der Waals surface area contributed by atoms with E-state index in [1.807, 2.05) is 0 Å². The molecule has 1 aromatic rings. The van der Waals surface area contributed by atoms with Gasteiger partial charge in [0.25, 0.3) is 0 Å². The van der Waals surface area contributed by atoms with Gasteiger partial charge in [-0.05, 0) is 71.0 Å². The van der Waals surface area contributed by atoms with E-state index in [4.69, 9.17) is 9.57 Å². The minimum Gasteiger partial charge on any atom is -0.495 e. The molecule has 1 saturated heterocycles. The van der Waals surface area contributed by atoms with Gasteiger partial charge >= 0.3 is 0 Å². The van der Waals surface area contributed by atoms with Crippen LogP contribution < -0.4 is 10.1 Å². The Morgan fingerprint density at radius 2 is 2.12 bits per heavy atom. The summed E-state index contributed by atoms with van der Waals surface area (Å²) in [5.74, 6) is 0.600. The van der Waals surface area contributed by atoms with E-state index >= 15 is 0 Å². The first-order valence-electron chi connectivity index (χ1n) is 12.0. The molecule has 1 aromatic carbocycles. The highest BCUT2D eigenvalue weighted by atomic mass is 79.9. The van der Waals surface area contributed by atoms with Crippen molar-refractivity contribution >= 4 is 21.8 Å². The number of amides is 1. The van der Waals surface area contributed by atoms with E-state index in [0.29, 0.717) is 39.0 Å². The van der Waals surface area contributed by atoms with E-state index < -0.39 is 30.0 Å². The number of aliphatic hydroxyl groups is 2. The van der Waals surface area contributed by atoms with Gasteiger partial charge in [-0.15, -0.1) is 0 Å². The van der Waals surface area contributed by atoms with Crippen molar-refractivity contribution in [3.63, 3.8) is 0 Å². The SMILES string of the molecule is COc1c(Br)cc(F)cc1CN1O[C@@H](CO)[C@@H]([C@H](C)O)[C@H]1C(=O)N[C@H]1C[C@H]2C[C@@H]([C@@H]1C)C2(C)C. The van der Waals surface area contributed by atoms with E-state index in [0.717, 1.165) is 6.42 Å². The molecule has 4 aliphatic rings. The lowest BCUT2D eigenvalue weighted by Gasteiger charge is -2.62. The average molecular weight is 543 g/mol. The Morgan fingerprint density at radius 1 is 1.41 bits per heavy atom. The van der Waals surface area contributed by atoms with E-state index in [1.54, 1.807) is 6.92 Å². The standard InChI is InChI=1S/C25H36BrFN2O5/c1-12-17-7-15(25(17,3)4)8-19(12)28-24(32)22-21(13(2)31)20(11-30)34-29(22)10-14-6-16(27)9-18(26)23(14)33-5/h6,9,12-13,15,17,19-22,30-31H,7-8,10-11H2,1-5H3,(H,28,32)/t12-,13-,15+,17-,19-,20-,21+,22-/m0/s1. The van der Waals surface area contributed by atoms with Crippen LogP contribution in [0.25, 0.3) is 0 Å². The Hall–Kier alpha value is -1.26. The molecule has 34 heavy (non-hydrogen) atoms. The van der Waals surface area contributed by atoms with Gasteiger partial charge in [0.1, 0.15) is 23.7 Å². The van der Waals surface area contributed by atoms with Crippen LogP contribution >= 0.6 is 15.9 Å². The van der Waals surface area contributed by atoms with Crippen LogP contribution in [0.4, 0.5) is 4.39 Å². The van der Waals surface area contributed by atoms with Crippen molar-refractivity contribution in [1.29, 1.82) is 0 Å². The summed E-state index contributed by atoms with van der Waals surface area (Å²) in [5, 5.41) is 25.2. The molecule has 3 saturated carbocycles. The van der Waals surface area contributed by atoms with Gasteiger partial charge in [0.2, 0.25) is 5.91 Å². The third-order valence-corrected chi connectivity index (χ3v) is 9.27. The van der Waals surface area contributed by atoms with Gasteiger partial charge in [-0.1, -0.05) is 20.8 Å². The number of hydroxylamine groups is 2. The Bertz CT molecular complexity index is 929. The van der Waals surface area contributed by atoms with Gasteiger partial charge in [-0.3, -0.25) is 9.63 Å². The first-order valence-corrected chi connectivity index (χ1v) is 12.8. The number of benzene rings is 1. The molecule has 1 amide bonds. The van der Waals surface area contributed by atoms with Gasteiger partial charge in [-0.25, -0.2) is 4.39 Å². The molecule has 0 aromatic heterocycles. The minimum absolute atomic E-state index is 0.0480. The molecular weight excluding hydrogens is 507 g/mol. The number of aliphatic hydroxyl groups excluding tert-OH is 2. The highest BCUT2D eigenvalue weighted by Gasteiger charge is 2.57. The normalized spacial score (nSPS) is 35.5. The third kappa shape index (κ3) is 4.39. The largest absolute Gasteiger partial charge is 0.495 e. The Morgan fingerprint density at radius 3 is 2.68 bits per heavy atom. The summed E-state index contributed by atoms with van der Waals surface area (Å²) in [5.41, 5.74) is 0.790. The number of methoxy groups -OCH3 is 1. The van der Waals surface area contributed by atoms with Crippen molar-refractivity contribution in [2.75, 3.05) is 13.7 Å². The van der Waals surface area contributed by atoms with Gasteiger partial charge in [0.05, 0.1) is 30.8 Å². The lowest BCUT2D eigenvalue weighted by Crippen LogP contribution is -2.62. The predicted octanol–water partition coefficient (Wildman–Crippen LogP) is 3.26. The van der Waals surface area contributed by atoms with Crippen LogP contribution in [0.1, 0.15) is 46.1 Å². The Kier molecular flexibility index (Phi) is 7.33. The molecule has 0 radical (unpaired) electrons. The molecule has 1 heterocycles. The van der Waals surface area contributed by atoms with Crippen LogP contribution in [0.3, 0.4) is 0 Å². The fraction of sp³-hybridized carbons (Fsp3) is 0.720.